The molecule has 0 bridgehead atoms. The van der Waals surface area contributed by atoms with Crippen molar-refractivity contribution in [2.45, 2.75) is 0 Å². The normalized spacial score (nSPS) is 10.2. The molecular weight excluding hydrogens is 190 g/mol. The Kier molecular flexibility index (Phi) is 2.29. The number of methoxy groups -OCH3 is 1. The van der Waals surface area contributed by atoms with Crippen molar-refractivity contribution in [2.75, 3.05) is 12.8 Å². The number of hydrogen-bond donors (Lipinski definition) is 1. The highest BCUT2D eigenvalue weighted by molar-refractivity contribution is 6.07. The molecule has 3 nitrogen and oxygen atoms in total. The van der Waals surface area contributed by atoms with Crippen LogP contribution < -0.4 is 5.73 Å². The first kappa shape index (κ1) is 9.52. The Balaban J connectivity index is 2.77. The van der Waals surface area contributed by atoms with Crippen LogP contribution in [0.3, 0.4) is 0 Å². The Morgan fingerprint density at radius 1 is 1.13 bits per heavy atom. The number of carbonyl (C=O) groups excluding carboxylic acids is 1. The minimum Gasteiger partial charge on any atom is -0.465 e. The van der Waals surface area contributed by atoms with E-state index in [0.717, 1.165) is 10.8 Å². The summed E-state index contributed by atoms with van der Waals surface area (Å²) < 4.78 is 4.70. The SMILES string of the molecule is COC(=O)c1cccc2c(N)cccc12. The fourth-order valence-corrected chi connectivity index (χ4v) is 1.62. The molecule has 0 aliphatic carbocycles. The predicted octanol–water partition coefficient (Wildman–Crippen LogP) is 2.21. The van der Waals surface area contributed by atoms with Crippen molar-refractivity contribution in [3.8, 4) is 0 Å². The number of carbonyl (C=O) groups is 1. The molecule has 2 rings (SSSR count). The standard InChI is InChI=1S/C12H11NO2/c1-15-12(14)10-6-2-5-9-8(10)4-3-7-11(9)13/h2-7H,13H2,1H3. The molecule has 0 atom stereocenters. The van der Waals surface area contributed by atoms with Crippen LogP contribution >= 0.6 is 0 Å². The van der Waals surface area contributed by atoms with Crippen LogP contribution in [0.5, 0.6) is 0 Å². The summed E-state index contributed by atoms with van der Waals surface area (Å²) in [5, 5.41) is 1.70. The van der Waals surface area contributed by atoms with Gasteiger partial charge in [0.05, 0.1) is 12.7 Å². The van der Waals surface area contributed by atoms with Gasteiger partial charge < -0.3 is 10.5 Å². The fraction of sp³-hybridized carbons (Fsp3) is 0.0833. The first-order valence-electron chi connectivity index (χ1n) is 4.59. The molecule has 0 amide bonds. The molecule has 0 radical (unpaired) electrons. The number of nitrogens with two attached hydrogens (primary N) is 1. The minimum atomic E-state index is -0.341. The van der Waals surface area contributed by atoms with E-state index in [9.17, 15) is 4.79 Å². The molecule has 3 heteroatoms. The van der Waals surface area contributed by atoms with Crippen molar-refractivity contribution in [2.24, 2.45) is 0 Å². The van der Waals surface area contributed by atoms with Crippen LogP contribution in [-0.4, -0.2) is 13.1 Å². The van der Waals surface area contributed by atoms with Gasteiger partial charge in [0.1, 0.15) is 0 Å². The van der Waals surface area contributed by atoms with Crippen LogP contribution in [0, 0.1) is 0 Å². The van der Waals surface area contributed by atoms with Gasteiger partial charge in [-0.3, -0.25) is 0 Å². The fourth-order valence-electron chi connectivity index (χ4n) is 1.62. The maximum Gasteiger partial charge on any atom is 0.338 e. The van der Waals surface area contributed by atoms with Crippen molar-refractivity contribution in [3.63, 3.8) is 0 Å². The van der Waals surface area contributed by atoms with Gasteiger partial charge in [-0.05, 0) is 17.5 Å². The lowest BCUT2D eigenvalue weighted by Gasteiger charge is -2.06. The summed E-state index contributed by atoms with van der Waals surface area (Å²) in [6.07, 6.45) is 0. The lowest BCUT2D eigenvalue weighted by atomic mass is 10.0. The summed E-state index contributed by atoms with van der Waals surface area (Å²) in [5.74, 6) is -0.341. The van der Waals surface area contributed by atoms with Gasteiger partial charge in [-0.2, -0.15) is 0 Å². The second kappa shape index (κ2) is 3.61. The highest BCUT2D eigenvalue weighted by Crippen LogP contribution is 2.24. The van der Waals surface area contributed by atoms with E-state index in [4.69, 9.17) is 10.5 Å². The molecule has 76 valence electrons. The number of hydrogen-bond acceptors (Lipinski definition) is 3. The highest BCUT2D eigenvalue weighted by atomic mass is 16.5. The van der Waals surface area contributed by atoms with Gasteiger partial charge in [-0.1, -0.05) is 24.3 Å². The molecule has 0 fully saturated rings. The first-order valence-corrected chi connectivity index (χ1v) is 4.59. The van der Waals surface area contributed by atoms with Crippen molar-refractivity contribution in [1.29, 1.82) is 0 Å². The van der Waals surface area contributed by atoms with Crippen LogP contribution in [0.25, 0.3) is 10.8 Å². The molecule has 0 heterocycles. The summed E-state index contributed by atoms with van der Waals surface area (Å²) >= 11 is 0. The van der Waals surface area contributed by atoms with E-state index in [0.29, 0.717) is 11.3 Å². The van der Waals surface area contributed by atoms with Crippen molar-refractivity contribution >= 4 is 22.4 Å². The molecular formula is C12H11NO2. The summed E-state index contributed by atoms with van der Waals surface area (Å²) in [5.41, 5.74) is 7.02. The molecule has 0 saturated carbocycles. The Bertz CT molecular complexity index is 520. The van der Waals surface area contributed by atoms with Gasteiger partial charge in [0.15, 0.2) is 0 Å². The largest absolute Gasteiger partial charge is 0.465 e. The number of anilines is 1. The zero-order valence-electron chi connectivity index (χ0n) is 8.36. The Hall–Kier alpha value is -2.03. The maximum atomic E-state index is 11.5. The van der Waals surface area contributed by atoms with Crippen LogP contribution in [0.2, 0.25) is 0 Å². The van der Waals surface area contributed by atoms with E-state index in [-0.39, 0.29) is 5.97 Å². The number of rotatable bonds is 1. The van der Waals surface area contributed by atoms with E-state index in [1.54, 1.807) is 12.1 Å². The summed E-state index contributed by atoms with van der Waals surface area (Å²) in [4.78, 5) is 11.5. The molecule has 0 aliphatic rings. The van der Waals surface area contributed by atoms with Gasteiger partial charge in [-0.25, -0.2) is 4.79 Å². The third kappa shape index (κ3) is 1.52. The van der Waals surface area contributed by atoms with Gasteiger partial charge in [0.2, 0.25) is 0 Å². The summed E-state index contributed by atoms with van der Waals surface area (Å²) in [7, 11) is 1.37. The number of esters is 1. The second-order valence-corrected chi connectivity index (χ2v) is 3.24. The summed E-state index contributed by atoms with van der Waals surface area (Å²) in [6, 6.07) is 10.9. The number of ether oxygens (including phenoxy) is 1. The smallest absolute Gasteiger partial charge is 0.338 e. The average Bonchev–Trinajstić information content (AvgIpc) is 2.28. The second-order valence-electron chi connectivity index (χ2n) is 3.24. The zero-order chi connectivity index (χ0) is 10.8. The van der Waals surface area contributed by atoms with Gasteiger partial charge in [0, 0.05) is 11.1 Å². The lowest BCUT2D eigenvalue weighted by molar-refractivity contribution is 0.0603. The topological polar surface area (TPSA) is 52.3 Å². The third-order valence-electron chi connectivity index (χ3n) is 2.36. The molecule has 0 aliphatic heterocycles. The quantitative estimate of drug-likeness (QED) is 0.568. The number of benzene rings is 2. The molecule has 0 saturated heterocycles. The van der Waals surface area contributed by atoms with Gasteiger partial charge >= 0.3 is 5.97 Å². The van der Waals surface area contributed by atoms with Crippen LogP contribution in [0.4, 0.5) is 5.69 Å². The molecule has 0 unspecified atom stereocenters. The molecule has 2 aromatic rings. The van der Waals surface area contributed by atoms with Gasteiger partial charge in [0.25, 0.3) is 0 Å². The lowest BCUT2D eigenvalue weighted by Crippen LogP contribution is -2.02. The Morgan fingerprint density at radius 3 is 2.53 bits per heavy atom. The van der Waals surface area contributed by atoms with Crippen molar-refractivity contribution < 1.29 is 9.53 Å². The predicted molar refractivity (Wildman–Crippen MR) is 59.7 cm³/mol. The maximum absolute atomic E-state index is 11.5. The van der Waals surface area contributed by atoms with Crippen LogP contribution in [0.1, 0.15) is 10.4 Å². The van der Waals surface area contributed by atoms with E-state index in [2.05, 4.69) is 0 Å². The Labute approximate surface area is 87.5 Å². The molecule has 2 aromatic carbocycles. The van der Waals surface area contributed by atoms with E-state index >= 15 is 0 Å². The number of nitrogen functional groups attached to an aromatic ring is 1. The van der Waals surface area contributed by atoms with Crippen molar-refractivity contribution in [1.82, 2.24) is 0 Å². The van der Waals surface area contributed by atoms with Crippen LogP contribution in [-0.2, 0) is 4.74 Å². The molecule has 0 spiro atoms. The Morgan fingerprint density at radius 2 is 1.80 bits per heavy atom. The zero-order valence-corrected chi connectivity index (χ0v) is 8.36. The number of fused-ring (bicyclic) bond motifs is 1. The van der Waals surface area contributed by atoms with Crippen LogP contribution in [0.15, 0.2) is 36.4 Å². The first-order chi connectivity index (χ1) is 7.24. The van der Waals surface area contributed by atoms with E-state index in [1.165, 1.54) is 7.11 Å². The third-order valence-corrected chi connectivity index (χ3v) is 2.36. The average molecular weight is 201 g/mol. The van der Waals surface area contributed by atoms with Crippen molar-refractivity contribution in [3.05, 3.63) is 42.0 Å². The molecule has 2 N–H and O–H groups in total. The van der Waals surface area contributed by atoms with Gasteiger partial charge in [-0.15, -0.1) is 0 Å². The monoisotopic (exact) mass is 201 g/mol. The highest BCUT2D eigenvalue weighted by Gasteiger charge is 2.10. The van der Waals surface area contributed by atoms with E-state index < -0.39 is 0 Å². The summed E-state index contributed by atoms with van der Waals surface area (Å²) in [6.45, 7) is 0. The van der Waals surface area contributed by atoms with E-state index in [1.807, 2.05) is 24.3 Å². The molecule has 0 aromatic heterocycles. The minimum absolute atomic E-state index is 0.341. The molecule has 15 heavy (non-hydrogen) atoms.